The molecule has 1 N–H and O–H groups in total. The van der Waals surface area contributed by atoms with Gasteiger partial charge in [-0.05, 0) is 18.2 Å². The van der Waals surface area contributed by atoms with E-state index < -0.39 is 12.1 Å². The number of hydrogen-bond donors (Lipinski definition) is 1. The van der Waals surface area contributed by atoms with E-state index >= 15 is 0 Å². The van der Waals surface area contributed by atoms with Gasteiger partial charge in [-0.25, -0.2) is 4.98 Å². The number of fused-ring (bicyclic) bond motifs is 1. The normalized spacial score (nSPS) is 11.2. The summed E-state index contributed by atoms with van der Waals surface area (Å²) in [6, 6.07) is 12.0. The van der Waals surface area contributed by atoms with Gasteiger partial charge in [-0.2, -0.15) is 28.2 Å². The Morgan fingerprint density at radius 1 is 1.21 bits per heavy atom. The van der Waals surface area contributed by atoms with Crippen molar-refractivity contribution in [3.63, 3.8) is 0 Å². The van der Waals surface area contributed by atoms with Crippen molar-refractivity contribution in [2.24, 2.45) is 0 Å². The summed E-state index contributed by atoms with van der Waals surface area (Å²) in [7, 11) is 0. The topological polar surface area (TPSA) is 83.6 Å². The predicted octanol–water partition coefficient (Wildman–Crippen LogP) is 2.79. The summed E-state index contributed by atoms with van der Waals surface area (Å²) in [5, 5.41) is 15.4. The lowest BCUT2D eigenvalue weighted by atomic mass is 10.2. The second kappa shape index (κ2) is 5.66. The fourth-order valence-electron chi connectivity index (χ4n) is 2.08. The molecular weight excluding hydrogens is 323 g/mol. The lowest BCUT2D eigenvalue weighted by Crippen LogP contribution is -2.31. The molecular formula is C15H8F3N5O. The summed E-state index contributed by atoms with van der Waals surface area (Å²) in [6.07, 6.45) is -4.03. The van der Waals surface area contributed by atoms with E-state index in [-0.39, 0.29) is 17.2 Å². The second-order valence-corrected chi connectivity index (χ2v) is 4.74. The fourth-order valence-corrected chi connectivity index (χ4v) is 2.08. The van der Waals surface area contributed by atoms with Crippen molar-refractivity contribution in [1.82, 2.24) is 14.8 Å². The average Bonchev–Trinajstić information content (AvgIpc) is 2.96. The second-order valence-electron chi connectivity index (χ2n) is 4.74. The average molecular weight is 331 g/mol. The zero-order valence-electron chi connectivity index (χ0n) is 11.9. The molecule has 0 radical (unpaired) electrons. The van der Waals surface area contributed by atoms with Gasteiger partial charge in [0.05, 0.1) is 11.7 Å². The molecule has 0 aliphatic heterocycles. The molecule has 120 valence electrons. The monoisotopic (exact) mass is 331 g/mol. The molecule has 2 aromatic heterocycles. The number of nitrogens with one attached hydrogen (secondary N) is 1. The summed E-state index contributed by atoms with van der Waals surface area (Å²) in [6.45, 7) is 0. The predicted molar refractivity (Wildman–Crippen MR) is 78.3 cm³/mol. The van der Waals surface area contributed by atoms with Gasteiger partial charge < -0.3 is 5.32 Å². The quantitative estimate of drug-likeness (QED) is 0.782. The van der Waals surface area contributed by atoms with Crippen molar-refractivity contribution in [2.45, 2.75) is 6.18 Å². The molecule has 0 unspecified atom stereocenters. The molecule has 3 rings (SSSR count). The molecule has 6 nitrogen and oxygen atoms in total. The van der Waals surface area contributed by atoms with E-state index in [1.54, 1.807) is 29.6 Å². The third-order valence-corrected chi connectivity index (χ3v) is 3.18. The molecule has 9 heteroatoms. The van der Waals surface area contributed by atoms with Crippen LogP contribution in [0.5, 0.6) is 0 Å². The van der Waals surface area contributed by atoms with Crippen LogP contribution in [0, 0.1) is 11.3 Å². The van der Waals surface area contributed by atoms with E-state index in [1.165, 1.54) is 6.07 Å². The number of carbonyl (C=O) groups excluding carboxylic acids is 1. The van der Waals surface area contributed by atoms with Crippen LogP contribution >= 0.6 is 0 Å². The van der Waals surface area contributed by atoms with Crippen LogP contribution < -0.4 is 5.32 Å². The van der Waals surface area contributed by atoms with Gasteiger partial charge in [0.15, 0.2) is 11.6 Å². The van der Waals surface area contributed by atoms with Crippen LogP contribution in [0.25, 0.3) is 16.7 Å². The van der Waals surface area contributed by atoms with Gasteiger partial charge in [0, 0.05) is 5.39 Å². The number of nitriles is 1. The summed E-state index contributed by atoms with van der Waals surface area (Å²) in [5.74, 6) is -2.41. The maximum Gasteiger partial charge on any atom is 0.471 e. The van der Waals surface area contributed by atoms with Gasteiger partial charge >= 0.3 is 12.1 Å². The lowest BCUT2D eigenvalue weighted by molar-refractivity contribution is -0.167. The van der Waals surface area contributed by atoms with Gasteiger partial charge in [-0.3, -0.25) is 4.79 Å². The summed E-state index contributed by atoms with van der Waals surface area (Å²) >= 11 is 0. The molecule has 0 aliphatic carbocycles. The highest BCUT2D eigenvalue weighted by atomic mass is 19.4. The number of aromatic nitrogens is 3. The molecule has 0 spiro atoms. The molecule has 0 saturated heterocycles. The number of amides is 1. The Kier molecular flexibility index (Phi) is 3.65. The zero-order chi connectivity index (χ0) is 17.3. The highest BCUT2D eigenvalue weighted by Gasteiger charge is 2.39. The van der Waals surface area contributed by atoms with Crippen LogP contribution in [0.15, 0.2) is 42.6 Å². The number of benzene rings is 1. The standard InChI is InChI=1S/C15H8F3N5O/c16-15(17,18)14(24)22-13-10(7-19)8-20-23(13)12-6-5-9-3-1-2-4-11(9)21-12/h1-6,8H,(H,22,24). The Morgan fingerprint density at radius 3 is 2.67 bits per heavy atom. The highest BCUT2D eigenvalue weighted by molar-refractivity contribution is 5.95. The maximum absolute atomic E-state index is 12.5. The molecule has 24 heavy (non-hydrogen) atoms. The fraction of sp³-hybridized carbons (Fsp3) is 0.0667. The number of pyridine rings is 1. The van der Waals surface area contributed by atoms with Crippen LogP contribution in [0.1, 0.15) is 5.56 Å². The smallest absolute Gasteiger partial charge is 0.302 e. The van der Waals surface area contributed by atoms with Crippen LogP contribution in [-0.2, 0) is 4.79 Å². The number of rotatable bonds is 2. The number of nitrogens with zero attached hydrogens (tertiary/aromatic N) is 4. The Balaban J connectivity index is 2.09. The van der Waals surface area contributed by atoms with Crippen molar-refractivity contribution in [3.8, 4) is 11.9 Å². The first-order valence-corrected chi connectivity index (χ1v) is 6.62. The Hall–Kier alpha value is -3.41. The zero-order valence-corrected chi connectivity index (χ0v) is 11.9. The number of halogens is 3. The van der Waals surface area contributed by atoms with Crippen LogP contribution in [0.2, 0.25) is 0 Å². The van der Waals surface area contributed by atoms with Crippen molar-refractivity contribution in [2.75, 3.05) is 5.32 Å². The van der Waals surface area contributed by atoms with Gasteiger partial charge in [0.25, 0.3) is 0 Å². The van der Waals surface area contributed by atoms with Crippen LogP contribution in [-0.4, -0.2) is 26.8 Å². The Labute approximate surface area is 133 Å². The van der Waals surface area contributed by atoms with Crippen LogP contribution in [0.3, 0.4) is 0 Å². The summed E-state index contributed by atoms with van der Waals surface area (Å²) < 4.78 is 38.4. The van der Waals surface area contributed by atoms with E-state index in [9.17, 15) is 18.0 Å². The lowest BCUT2D eigenvalue weighted by Gasteiger charge is -2.11. The molecule has 0 fully saturated rings. The van der Waals surface area contributed by atoms with Crippen molar-refractivity contribution < 1.29 is 18.0 Å². The van der Waals surface area contributed by atoms with Gasteiger partial charge in [-0.15, -0.1) is 0 Å². The van der Waals surface area contributed by atoms with Crippen LogP contribution in [0.4, 0.5) is 19.0 Å². The first-order valence-electron chi connectivity index (χ1n) is 6.62. The number of alkyl halides is 3. The third kappa shape index (κ3) is 2.77. The number of carbonyl (C=O) groups is 1. The van der Waals surface area contributed by atoms with Crippen molar-refractivity contribution >= 4 is 22.6 Å². The third-order valence-electron chi connectivity index (χ3n) is 3.18. The summed E-state index contributed by atoms with van der Waals surface area (Å²) in [4.78, 5) is 15.5. The number of para-hydroxylation sites is 1. The maximum atomic E-state index is 12.5. The van der Waals surface area contributed by atoms with E-state index in [2.05, 4.69) is 10.1 Å². The largest absolute Gasteiger partial charge is 0.471 e. The van der Waals surface area contributed by atoms with E-state index in [1.807, 2.05) is 12.1 Å². The van der Waals surface area contributed by atoms with Gasteiger partial charge in [-0.1, -0.05) is 18.2 Å². The molecule has 0 atom stereocenters. The molecule has 2 heterocycles. The molecule has 1 amide bonds. The first kappa shape index (κ1) is 15.5. The Bertz CT molecular complexity index is 971. The molecule has 3 aromatic rings. The van der Waals surface area contributed by atoms with E-state index in [4.69, 9.17) is 5.26 Å². The minimum absolute atomic E-state index is 0.174. The Morgan fingerprint density at radius 2 is 1.96 bits per heavy atom. The first-order chi connectivity index (χ1) is 11.4. The van der Waals surface area contributed by atoms with E-state index in [0.717, 1.165) is 16.3 Å². The molecule has 0 bridgehead atoms. The molecule has 1 aromatic carbocycles. The van der Waals surface area contributed by atoms with Crippen molar-refractivity contribution in [1.29, 1.82) is 5.26 Å². The van der Waals surface area contributed by atoms with Gasteiger partial charge in [0.2, 0.25) is 0 Å². The summed E-state index contributed by atoms with van der Waals surface area (Å²) in [5.41, 5.74) is 0.389. The molecule has 0 saturated carbocycles. The van der Waals surface area contributed by atoms with E-state index in [0.29, 0.717) is 5.52 Å². The molecule has 0 aliphatic rings. The highest BCUT2D eigenvalue weighted by Crippen LogP contribution is 2.23. The SMILES string of the molecule is N#Cc1cnn(-c2ccc3ccccc3n2)c1NC(=O)C(F)(F)F. The van der Waals surface area contributed by atoms with Gasteiger partial charge in [0.1, 0.15) is 11.6 Å². The number of anilines is 1. The minimum Gasteiger partial charge on any atom is -0.302 e. The van der Waals surface area contributed by atoms with Crippen molar-refractivity contribution in [3.05, 3.63) is 48.2 Å². The minimum atomic E-state index is -5.08. The number of hydrogen-bond acceptors (Lipinski definition) is 4.